The molecule has 0 saturated carbocycles. The molecule has 22 heavy (non-hydrogen) atoms. The third-order valence-electron chi connectivity index (χ3n) is 2.79. The van der Waals surface area contributed by atoms with Crippen molar-refractivity contribution in [3.8, 4) is 0 Å². The molecule has 0 spiro atoms. The van der Waals surface area contributed by atoms with Crippen molar-refractivity contribution in [3.05, 3.63) is 0 Å². The Labute approximate surface area is 132 Å². The van der Waals surface area contributed by atoms with Crippen LogP contribution >= 0.6 is 0 Å². The maximum atomic E-state index is 11.8. The van der Waals surface area contributed by atoms with E-state index in [1.807, 2.05) is 41.5 Å². The molecule has 0 bridgehead atoms. The van der Waals surface area contributed by atoms with Gasteiger partial charge in [-0.25, -0.2) is 9.59 Å². The number of nitrogens with one attached hydrogen (secondary N) is 3. The fourth-order valence-corrected chi connectivity index (χ4v) is 2.11. The summed E-state index contributed by atoms with van der Waals surface area (Å²) in [6.07, 6.45) is -0.264. The Balaban J connectivity index is 2.41. The van der Waals surface area contributed by atoms with E-state index < -0.39 is 23.4 Å². The van der Waals surface area contributed by atoms with Crippen LogP contribution in [0, 0.1) is 0 Å². The first-order chi connectivity index (χ1) is 9.94. The summed E-state index contributed by atoms with van der Waals surface area (Å²) in [4.78, 5) is 23.5. The van der Waals surface area contributed by atoms with Crippen LogP contribution in [-0.4, -0.2) is 48.6 Å². The van der Waals surface area contributed by atoms with Crippen molar-refractivity contribution in [2.45, 2.75) is 71.2 Å². The lowest BCUT2D eigenvalue weighted by Crippen LogP contribution is -2.56. The van der Waals surface area contributed by atoms with E-state index in [0.29, 0.717) is 19.5 Å². The summed E-state index contributed by atoms with van der Waals surface area (Å²) in [5.74, 6) is 0. The van der Waals surface area contributed by atoms with Gasteiger partial charge in [-0.3, -0.25) is 0 Å². The van der Waals surface area contributed by atoms with Gasteiger partial charge in [0.05, 0.1) is 0 Å². The average Bonchev–Trinajstić information content (AvgIpc) is 2.22. The maximum Gasteiger partial charge on any atom is 0.407 e. The minimum Gasteiger partial charge on any atom is -0.444 e. The summed E-state index contributed by atoms with van der Waals surface area (Å²) in [6, 6.07) is -0.188. The molecule has 0 aliphatic carbocycles. The summed E-state index contributed by atoms with van der Waals surface area (Å²) in [5.41, 5.74) is -1.05. The zero-order valence-electron chi connectivity index (χ0n) is 14.4. The summed E-state index contributed by atoms with van der Waals surface area (Å²) in [6.45, 7) is 12.2. The highest BCUT2D eigenvalue weighted by Crippen LogP contribution is 2.10. The number of hydrogen-bond donors (Lipinski definition) is 3. The van der Waals surface area contributed by atoms with Gasteiger partial charge in [0, 0.05) is 25.2 Å². The summed E-state index contributed by atoms with van der Waals surface area (Å²) in [5, 5.41) is 8.80. The van der Waals surface area contributed by atoms with Gasteiger partial charge in [-0.15, -0.1) is 0 Å². The van der Waals surface area contributed by atoms with Crippen molar-refractivity contribution in [2.75, 3.05) is 13.1 Å². The number of piperidine rings is 1. The predicted octanol–water partition coefficient (Wildman–Crippen LogP) is 1.77. The number of hydrogen-bond acceptors (Lipinski definition) is 5. The fourth-order valence-electron chi connectivity index (χ4n) is 2.11. The monoisotopic (exact) mass is 315 g/mol. The Morgan fingerprint density at radius 2 is 1.23 bits per heavy atom. The second kappa shape index (κ2) is 7.17. The van der Waals surface area contributed by atoms with Gasteiger partial charge >= 0.3 is 12.2 Å². The fraction of sp³-hybridized carbons (Fsp3) is 0.867. The maximum absolute atomic E-state index is 11.8. The normalized spacial score (nSPS) is 22.6. The first-order valence-corrected chi connectivity index (χ1v) is 7.64. The van der Waals surface area contributed by atoms with Crippen molar-refractivity contribution in [2.24, 2.45) is 0 Å². The highest BCUT2D eigenvalue weighted by molar-refractivity contribution is 5.69. The predicted molar refractivity (Wildman–Crippen MR) is 83.8 cm³/mol. The molecule has 1 rings (SSSR count). The van der Waals surface area contributed by atoms with Crippen LogP contribution in [0.2, 0.25) is 0 Å². The van der Waals surface area contributed by atoms with E-state index >= 15 is 0 Å². The van der Waals surface area contributed by atoms with Gasteiger partial charge in [0.25, 0.3) is 0 Å². The third-order valence-corrected chi connectivity index (χ3v) is 2.79. The van der Waals surface area contributed by atoms with Crippen LogP contribution in [0.1, 0.15) is 48.0 Å². The molecule has 128 valence electrons. The topological polar surface area (TPSA) is 88.7 Å². The average molecular weight is 315 g/mol. The molecule has 0 aromatic carbocycles. The van der Waals surface area contributed by atoms with Crippen LogP contribution < -0.4 is 16.0 Å². The largest absolute Gasteiger partial charge is 0.444 e. The summed E-state index contributed by atoms with van der Waals surface area (Å²) >= 11 is 0. The zero-order chi connectivity index (χ0) is 17.0. The molecule has 1 heterocycles. The van der Waals surface area contributed by atoms with Crippen LogP contribution in [0.4, 0.5) is 9.59 Å². The Kier molecular flexibility index (Phi) is 6.05. The molecule has 0 aromatic heterocycles. The molecule has 2 atom stereocenters. The van der Waals surface area contributed by atoms with Gasteiger partial charge in [-0.1, -0.05) is 0 Å². The first-order valence-electron chi connectivity index (χ1n) is 7.64. The van der Waals surface area contributed by atoms with E-state index in [2.05, 4.69) is 16.0 Å². The SMILES string of the molecule is CC(C)(C)OC(=O)N[C@@H]1CNC[C@@H](NC(=O)OC(C)(C)C)C1. The van der Waals surface area contributed by atoms with E-state index in [0.717, 1.165) is 0 Å². The Morgan fingerprint density at radius 3 is 1.55 bits per heavy atom. The van der Waals surface area contributed by atoms with Gasteiger partial charge in [0.15, 0.2) is 0 Å². The van der Waals surface area contributed by atoms with E-state index in [1.54, 1.807) is 0 Å². The molecular formula is C15H29N3O4. The van der Waals surface area contributed by atoms with E-state index in [-0.39, 0.29) is 12.1 Å². The summed E-state index contributed by atoms with van der Waals surface area (Å²) in [7, 11) is 0. The first kappa shape index (κ1) is 18.5. The molecule has 1 fully saturated rings. The van der Waals surface area contributed by atoms with Gasteiger partial charge in [0.2, 0.25) is 0 Å². The third kappa shape index (κ3) is 8.07. The van der Waals surface area contributed by atoms with Crippen molar-refractivity contribution >= 4 is 12.2 Å². The summed E-state index contributed by atoms with van der Waals surface area (Å²) < 4.78 is 10.5. The van der Waals surface area contributed by atoms with Crippen LogP contribution in [0.5, 0.6) is 0 Å². The Morgan fingerprint density at radius 1 is 0.864 bits per heavy atom. The van der Waals surface area contributed by atoms with Crippen LogP contribution in [0.15, 0.2) is 0 Å². The van der Waals surface area contributed by atoms with Crippen molar-refractivity contribution in [1.82, 2.24) is 16.0 Å². The van der Waals surface area contributed by atoms with Gasteiger partial charge in [-0.05, 0) is 48.0 Å². The van der Waals surface area contributed by atoms with Crippen molar-refractivity contribution in [1.29, 1.82) is 0 Å². The number of amides is 2. The number of rotatable bonds is 2. The van der Waals surface area contributed by atoms with Crippen molar-refractivity contribution in [3.63, 3.8) is 0 Å². The number of alkyl carbamates (subject to hydrolysis) is 2. The molecule has 3 N–H and O–H groups in total. The number of carbonyl (C=O) groups excluding carboxylic acids is 2. The van der Waals surface area contributed by atoms with Gasteiger partial charge in [0.1, 0.15) is 11.2 Å². The molecule has 1 aliphatic heterocycles. The molecule has 1 aliphatic rings. The quantitative estimate of drug-likeness (QED) is 0.722. The van der Waals surface area contributed by atoms with Gasteiger partial charge < -0.3 is 25.4 Å². The van der Waals surface area contributed by atoms with E-state index in [1.165, 1.54) is 0 Å². The molecule has 1 saturated heterocycles. The van der Waals surface area contributed by atoms with E-state index in [9.17, 15) is 9.59 Å². The lowest BCUT2D eigenvalue weighted by atomic mass is 10.0. The van der Waals surface area contributed by atoms with Crippen LogP contribution in [-0.2, 0) is 9.47 Å². The standard InChI is InChI=1S/C15H29N3O4/c1-14(2,3)21-12(19)17-10-7-11(9-16-8-10)18-13(20)22-15(4,5)6/h10-11,16H,7-9H2,1-6H3,(H,17,19)(H,18,20)/t10-,11-/m0/s1. The number of carbonyl (C=O) groups is 2. The molecule has 0 unspecified atom stereocenters. The lowest BCUT2D eigenvalue weighted by molar-refractivity contribution is 0.0469. The smallest absolute Gasteiger partial charge is 0.407 e. The minimum atomic E-state index is -0.527. The molecule has 7 heteroatoms. The van der Waals surface area contributed by atoms with Crippen LogP contribution in [0.25, 0.3) is 0 Å². The minimum absolute atomic E-state index is 0.0939. The van der Waals surface area contributed by atoms with E-state index in [4.69, 9.17) is 9.47 Å². The molecule has 7 nitrogen and oxygen atoms in total. The second-order valence-electron chi connectivity index (χ2n) is 7.58. The van der Waals surface area contributed by atoms with Crippen LogP contribution in [0.3, 0.4) is 0 Å². The van der Waals surface area contributed by atoms with Crippen molar-refractivity contribution < 1.29 is 19.1 Å². The lowest BCUT2D eigenvalue weighted by Gasteiger charge is -2.32. The highest BCUT2D eigenvalue weighted by Gasteiger charge is 2.27. The van der Waals surface area contributed by atoms with Gasteiger partial charge in [-0.2, -0.15) is 0 Å². The highest BCUT2D eigenvalue weighted by atomic mass is 16.6. The molecule has 0 aromatic rings. The zero-order valence-corrected chi connectivity index (χ0v) is 14.4. The Bertz CT molecular complexity index is 363. The second-order valence-corrected chi connectivity index (χ2v) is 7.58. The Hall–Kier alpha value is -1.50. The molecule has 0 radical (unpaired) electrons. The molecular weight excluding hydrogens is 286 g/mol. The number of ether oxygens (including phenoxy) is 2. The molecule has 2 amide bonds.